The molecular formula is C26H26ClFN4O2. The summed E-state index contributed by atoms with van der Waals surface area (Å²) in [6.07, 6.45) is 4.81. The van der Waals surface area contributed by atoms with Crippen LogP contribution in [0.15, 0.2) is 61.1 Å². The Morgan fingerprint density at radius 3 is 2.21 bits per heavy atom. The van der Waals surface area contributed by atoms with E-state index < -0.39 is 23.1 Å². The van der Waals surface area contributed by atoms with Crippen LogP contribution >= 0.6 is 11.6 Å². The lowest BCUT2D eigenvalue weighted by molar-refractivity contribution is 0.0577. The van der Waals surface area contributed by atoms with Gasteiger partial charge in [-0.05, 0) is 51.5 Å². The number of benzene rings is 2. The summed E-state index contributed by atoms with van der Waals surface area (Å²) in [6.45, 7) is 6.47. The van der Waals surface area contributed by atoms with Crippen LogP contribution in [0, 0.1) is 5.82 Å². The van der Waals surface area contributed by atoms with Gasteiger partial charge in [0.1, 0.15) is 11.4 Å². The third kappa shape index (κ3) is 4.87. The Morgan fingerprint density at radius 1 is 0.912 bits per heavy atom. The maximum Gasteiger partial charge on any atom is 0.159 e. The maximum atomic E-state index is 14.7. The Balaban J connectivity index is 1.81. The van der Waals surface area contributed by atoms with Gasteiger partial charge in [0.25, 0.3) is 0 Å². The van der Waals surface area contributed by atoms with Crippen molar-refractivity contribution in [3.05, 3.63) is 83.3 Å². The van der Waals surface area contributed by atoms with E-state index in [1.165, 1.54) is 12.3 Å². The molecule has 0 aliphatic rings. The number of hydrogen-bond acceptors (Lipinski definition) is 6. The van der Waals surface area contributed by atoms with Gasteiger partial charge in [-0.2, -0.15) is 0 Å². The average molecular weight is 481 g/mol. The normalized spacial score (nSPS) is 13.2. The highest BCUT2D eigenvalue weighted by atomic mass is 35.5. The molecule has 0 radical (unpaired) electrons. The van der Waals surface area contributed by atoms with E-state index in [-0.39, 0.29) is 0 Å². The first-order valence-corrected chi connectivity index (χ1v) is 11.2. The molecule has 3 N–H and O–H groups in total. The number of fused-ring (bicyclic) bond motifs is 1. The lowest BCUT2D eigenvalue weighted by Gasteiger charge is -2.32. The average Bonchev–Trinajstić information content (AvgIpc) is 2.77. The summed E-state index contributed by atoms with van der Waals surface area (Å²) >= 11 is 6.54. The number of nitrogens with zero attached hydrogens (tertiary/aromatic N) is 3. The molecule has 0 spiro atoms. The van der Waals surface area contributed by atoms with Crippen LogP contribution in [0.5, 0.6) is 0 Å². The molecule has 6 nitrogen and oxygen atoms in total. The van der Waals surface area contributed by atoms with E-state index in [1.807, 2.05) is 18.2 Å². The summed E-state index contributed by atoms with van der Waals surface area (Å²) < 4.78 is 14.7. The molecule has 4 rings (SSSR count). The summed E-state index contributed by atoms with van der Waals surface area (Å²) in [5.74, 6) is -0.108. The molecule has 0 saturated carbocycles. The molecule has 1 atom stereocenters. The Kier molecular flexibility index (Phi) is 6.29. The fourth-order valence-corrected chi connectivity index (χ4v) is 3.98. The van der Waals surface area contributed by atoms with Gasteiger partial charge in [0.2, 0.25) is 0 Å². The molecule has 2 aromatic heterocycles. The number of nitrogens with one attached hydrogen (secondary N) is 1. The van der Waals surface area contributed by atoms with Gasteiger partial charge in [-0.3, -0.25) is 4.98 Å². The number of rotatable bonds is 6. The highest BCUT2D eigenvalue weighted by Gasteiger charge is 2.31. The first kappa shape index (κ1) is 24.0. The van der Waals surface area contributed by atoms with Crippen LogP contribution in [0.25, 0.3) is 22.0 Å². The molecule has 0 amide bonds. The Hall–Kier alpha value is -3.13. The Morgan fingerprint density at radius 2 is 1.59 bits per heavy atom. The standard InChI is InChI=1S/C26H26ClFN4O2/c1-25(2,33)23(17-7-5-6-8-20(17)28)32-22-18-11-15(9-10-21(18)29-14-19(22)27)16-12-30-24(31-13-16)26(3,4)34/h5-14,23,33-34H,1-4H3,(H,29,32). The molecular weight excluding hydrogens is 455 g/mol. The van der Waals surface area contributed by atoms with Crippen molar-refractivity contribution in [3.63, 3.8) is 0 Å². The molecule has 2 aromatic carbocycles. The van der Waals surface area contributed by atoms with Gasteiger partial charge in [0.05, 0.1) is 27.9 Å². The van der Waals surface area contributed by atoms with Gasteiger partial charge < -0.3 is 15.5 Å². The molecule has 176 valence electrons. The first-order valence-electron chi connectivity index (χ1n) is 10.8. The van der Waals surface area contributed by atoms with Gasteiger partial charge in [0.15, 0.2) is 5.82 Å². The molecule has 0 saturated heterocycles. The lowest BCUT2D eigenvalue weighted by Crippen LogP contribution is -2.35. The fourth-order valence-electron chi connectivity index (χ4n) is 3.78. The molecule has 34 heavy (non-hydrogen) atoms. The summed E-state index contributed by atoms with van der Waals surface area (Å²) in [6, 6.07) is 11.2. The Bertz CT molecular complexity index is 1330. The SMILES string of the molecule is CC(C)(O)c1ncc(-c2ccc3ncc(Cl)c(NC(c4ccccc4F)C(C)(C)O)c3c2)cn1. The number of hydrogen-bond donors (Lipinski definition) is 3. The second-order valence-corrected chi connectivity index (χ2v) is 9.73. The third-order valence-corrected chi connectivity index (χ3v) is 5.85. The maximum absolute atomic E-state index is 14.7. The minimum Gasteiger partial charge on any atom is -0.388 e. The van der Waals surface area contributed by atoms with Crippen molar-refractivity contribution >= 4 is 28.2 Å². The largest absolute Gasteiger partial charge is 0.388 e. The van der Waals surface area contributed by atoms with Gasteiger partial charge in [-0.1, -0.05) is 35.9 Å². The van der Waals surface area contributed by atoms with E-state index in [2.05, 4.69) is 20.3 Å². The second-order valence-electron chi connectivity index (χ2n) is 9.32. The summed E-state index contributed by atoms with van der Waals surface area (Å²) in [5.41, 5.74) is 0.629. The Labute approximate surface area is 202 Å². The molecule has 8 heteroatoms. The molecule has 0 bridgehead atoms. The quantitative estimate of drug-likeness (QED) is 0.331. The molecule has 0 aliphatic heterocycles. The van der Waals surface area contributed by atoms with E-state index in [0.717, 1.165) is 11.1 Å². The van der Waals surface area contributed by atoms with Crippen LogP contribution in [0.1, 0.15) is 45.1 Å². The van der Waals surface area contributed by atoms with E-state index in [0.29, 0.717) is 33.0 Å². The zero-order chi connectivity index (χ0) is 24.7. The molecule has 2 heterocycles. The van der Waals surface area contributed by atoms with Gasteiger partial charge in [0, 0.05) is 35.1 Å². The van der Waals surface area contributed by atoms with E-state index in [4.69, 9.17) is 11.6 Å². The number of pyridine rings is 1. The zero-order valence-corrected chi connectivity index (χ0v) is 20.1. The van der Waals surface area contributed by atoms with Crippen molar-refractivity contribution < 1.29 is 14.6 Å². The fraction of sp³-hybridized carbons (Fsp3) is 0.269. The number of anilines is 1. The smallest absolute Gasteiger partial charge is 0.159 e. The van der Waals surface area contributed by atoms with E-state index >= 15 is 0 Å². The number of halogens is 2. The van der Waals surface area contributed by atoms with Crippen molar-refractivity contribution in [2.24, 2.45) is 0 Å². The summed E-state index contributed by atoms with van der Waals surface area (Å²) in [7, 11) is 0. The number of aromatic nitrogens is 3. The molecule has 0 fully saturated rings. The van der Waals surface area contributed by atoms with Crippen LogP contribution in [-0.2, 0) is 5.60 Å². The van der Waals surface area contributed by atoms with Crippen LogP contribution in [0.3, 0.4) is 0 Å². The van der Waals surface area contributed by atoms with Crippen molar-refractivity contribution in [2.45, 2.75) is 44.9 Å². The lowest BCUT2D eigenvalue weighted by atomic mass is 9.91. The monoisotopic (exact) mass is 480 g/mol. The third-order valence-electron chi connectivity index (χ3n) is 5.57. The van der Waals surface area contributed by atoms with Crippen LogP contribution in [0.4, 0.5) is 10.1 Å². The number of aliphatic hydroxyl groups is 2. The van der Waals surface area contributed by atoms with Crippen LogP contribution < -0.4 is 5.32 Å². The molecule has 1 unspecified atom stereocenters. The molecule has 4 aromatic rings. The van der Waals surface area contributed by atoms with Crippen molar-refractivity contribution in [2.75, 3.05) is 5.32 Å². The van der Waals surface area contributed by atoms with Crippen LogP contribution in [-0.4, -0.2) is 30.8 Å². The van der Waals surface area contributed by atoms with Crippen molar-refractivity contribution in [1.82, 2.24) is 15.0 Å². The minimum absolute atomic E-state index is 0.321. The van der Waals surface area contributed by atoms with Gasteiger partial charge >= 0.3 is 0 Å². The predicted octanol–water partition coefficient (Wildman–Crippen LogP) is 5.64. The summed E-state index contributed by atoms with van der Waals surface area (Å²) in [5, 5.41) is 25.3. The van der Waals surface area contributed by atoms with Gasteiger partial charge in [-0.25, -0.2) is 14.4 Å². The highest BCUT2D eigenvalue weighted by Crippen LogP contribution is 2.38. The van der Waals surface area contributed by atoms with E-state index in [1.54, 1.807) is 58.3 Å². The van der Waals surface area contributed by atoms with Crippen molar-refractivity contribution in [1.29, 1.82) is 0 Å². The first-order chi connectivity index (χ1) is 15.9. The van der Waals surface area contributed by atoms with E-state index in [9.17, 15) is 14.6 Å². The van der Waals surface area contributed by atoms with Crippen molar-refractivity contribution in [3.8, 4) is 11.1 Å². The second kappa shape index (κ2) is 8.91. The summed E-state index contributed by atoms with van der Waals surface area (Å²) in [4.78, 5) is 13.0. The topological polar surface area (TPSA) is 91.2 Å². The zero-order valence-electron chi connectivity index (χ0n) is 19.3. The van der Waals surface area contributed by atoms with Crippen LogP contribution in [0.2, 0.25) is 5.02 Å². The predicted molar refractivity (Wildman–Crippen MR) is 132 cm³/mol. The minimum atomic E-state index is -1.31. The van der Waals surface area contributed by atoms with Gasteiger partial charge in [-0.15, -0.1) is 0 Å². The highest BCUT2D eigenvalue weighted by molar-refractivity contribution is 6.34. The molecule has 0 aliphatic carbocycles.